The molecule has 0 aliphatic carbocycles. The molecule has 0 bridgehead atoms. The maximum Gasteiger partial charge on any atom is 0.120 e. The zero-order valence-electron chi connectivity index (χ0n) is 12.1. The van der Waals surface area contributed by atoms with Crippen LogP contribution in [-0.4, -0.2) is 43.6 Å². The molecule has 20 heavy (non-hydrogen) atoms. The molecule has 0 spiro atoms. The summed E-state index contributed by atoms with van der Waals surface area (Å²) in [4.78, 5) is 0. The van der Waals surface area contributed by atoms with Crippen LogP contribution in [0.25, 0.3) is 0 Å². The summed E-state index contributed by atoms with van der Waals surface area (Å²) in [5, 5.41) is 13.0. The normalized spacial score (nSPS) is 12.7. The minimum Gasteiger partial charge on any atom is -0.491 e. The summed E-state index contributed by atoms with van der Waals surface area (Å²) in [5.74, 6) is 0.753. The highest BCUT2D eigenvalue weighted by atomic mass is 79.9. The van der Waals surface area contributed by atoms with Gasteiger partial charge in [-0.1, -0.05) is 22.0 Å². The fourth-order valence-electron chi connectivity index (χ4n) is 1.59. The number of halogens is 1. The Balaban J connectivity index is 2.04. The smallest absolute Gasteiger partial charge is 0.120 e. The van der Waals surface area contributed by atoms with E-state index in [-0.39, 0.29) is 12.7 Å². The van der Waals surface area contributed by atoms with Crippen LogP contribution in [0.1, 0.15) is 20.3 Å². The number of rotatable bonds is 10. The lowest BCUT2D eigenvalue weighted by molar-refractivity contribution is 0.0749. The lowest BCUT2D eigenvalue weighted by Crippen LogP contribution is -2.32. The van der Waals surface area contributed by atoms with Crippen molar-refractivity contribution < 1.29 is 14.6 Å². The minimum absolute atomic E-state index is 0.277. The van der Waals surface area contributed by atoms with E-state index in [4.69, 9.17) is 9.47 Å². The fourth-order valence-corrected chi connectivity index (χ4v) is 1.97. The fraction of sp³-hybridized carbons (Fsp3) is 0.600. The molecule has 0 amide bonds. The number of hydrogen-bond acceptors (Lipinski definition) is 4. The quantitative estimate of drug-likeness (QED) is 0.640. The third-order valence-corrected chi connectivity index (χ3v) is 3.06. The van der Waals surface area contributed by atoms with Crippen LogP contribution in [-0.2, 0) is 4.74 Å². The Hall–Kier alpha value is -0.620. The first-order chi connectivity index (χ1) is 9.58. The predicted octanol–water partition coefficient (Wildman–Crippen LogP) is 2.59. The van der Waals surface area contributed by atoms with Crippen LogP contribution in [0.5, 0.6) is 5.75 Å². The standard InChI is InChI=1S/C15H24BrNO3/c1-12(2)19-8-4-7-17-10-14(18)11-20-15-6-3-5-13(16)9-15/h3,5-6,9,12,14,17-18H,4,7-8,10-11H2,1-2H3. The molecule has 114 valence electrons. The molecule has 0 aliphatic heterocycles. The van der Waals surface area contributed by atoms with Gasteiger partial charge in [-0.05, 0) is 45.0 Å². The second-order valence-electron chi connectivity index (χ2n) is 4.90. The molecular weight excluding hydrogens is 322 g/mol. The van der Waals surface area contributed by atoms with E-state index >= 15 is 0 Å². The van der Waals surface area contributed by atoms with Crippen LogP contribution in [0.2, 0.25) is 0 Å². The minimum atomic E-state index is -0.514. The largest absolute Gasteiger partial charge is 0.491 e. The molecule has 4 nitrogen and oxygen atoms in total. The molecule has 0 fully saturated rings. The van der Waals surface area contributed by atoms with Crippen LogP contribution in [0, 0.1) is 0 Å². The molecule has 0 aromatic heterocycles. The van der Waals surface area contributed by atoms with E-state index in [0.717, 1.165) is 29.8 Å². The second kappa shape index (κ2) is 10.2. The van der Waals surface area contributed by atoms with E-state index in [0.29, 0.717) is 6.54 Å². The van der Waals surface area contributed by atoms with Crippen molar-refractivity contribution in [3.8, 4) is 5.75 Å². The van der Waals surface area contributed by atoms with E-state index in [1.54, 1.807) is 0 Å². The number of ether oxygens (including phenoxy) is 2. The van der Waals surface area contributed by atoms with Gasteiger partial charge < -0.3 is 19.9 Å². The Morgan fingerprint density at radius 3 is 2.85 bits per heavy atom. The van der Waals surface area contributed by atoms with E-state index in [2.05, 4.69) is 21.2 Å². The number of hydrogen-bond donors (Lipinski definition) is 2. The molecule has 5 heteroatoms. The SMILES string of the molecule is CC(C)OCCCNCC(O)COc1cccc(Br)c1. The number of nitrogens with one attached hydrogen (secondary N) is 1. The maximum absolute atomic E-state index is 9.79. The van der Waals surface area contributed by atoms with Gasteiger partial charge in [0.15, 0.2) is 0 Å². The van der Waals surface area contributed by atoms with Crippen LogP contribution in [0.15, 0.2) is 28.7 Å². The van der Waals surface area contributed by atoms with Gasteiger partial charge in [0, 0.05) is 17.6 Å². The first-order valence-corrected chi connectivity index (χ1v) is 7.76. The monoisotopic (exact) mass is 345 g/mol. The molecule has 1 unspecified atom stereocenters. The van der Waals surface area contributed by atoms with Gasteiger partial charge in [-0.2, -0.15) is 0 Å². The van der Waals surface area contributed by atoms with E-state index < -0.39 is 6.10 Å². The van der Waals surface area contributed by atoms with Crippen molar-refractivity contribution in [1.29, 1.82) is 0 Å². The first kappa shape index (κ1) is 17.4. The Kier molecular flexibility index (Phi) is 8.85. The molecule has 1 aromatic rings. The summed E-state index contributed by atoms with van der Waals surface area (Å²) in [6.45, 7) is 6.44. The molecule has 0 saturated heterocycles. The molecule has 1 atom stereocenters. The van der Waals surface area contributed by atoms with Gasteiger partial charge in [0.2, 0.25) is 0 Å². The molecule has 0 heterocycles. The Morgan fingerprint density at radius 1 is 1.35 bits per heavy atom. The number of aliphatic hydroxyl groups excluding tert-OH is 1. The molecule has 0 saturated carbocycles. The molecule has 0 radical (unpaired) electrons. The van der Waals surface area contributed by atoms with Crippen molar-refractivity contribution >= 4 is 15.9 Å². The summed E-state index contributed by atoms with van der Waals surface area (Å²) in [7, 11) is 0. The van der Waals surface area contributed by atoms with Crippen molar-refractivity contribution in [2.24, 2.45) is 0 Å². The van der Waals surface area contributed by atoms with Crippen molar-refractivity contribution in [2.75, 3.05) is 26.3 Å². The van der Waals surface area contributed by atoms with E-state index in [9.17, 15) is 5.11 Å². The van der Waals surface area contributed by atoms with Gasteiger partial charge in [0.1, 0.15) is 18.5 Å². The lowest BCUT2D eigenvalue weighted by atomic mass is 10.3. The van der Waals surface area contributed by atoms with Gasteiger partial charge in [-0.3, -0.25) is 0 Å². The third-order valence-electron chi connectivity index (χ3n) is 2.57. The molecule has 0 aliphatic rings. The third kappa shape index (κ3) is 8.53. The zero-order chi connectivity index (χ0) is 14.8. The Bertz CT molecular complexity index is 374. The Labute approximate surface area is 129 Å². The van der Waals surface area contributed by atoms with E-state index in [1.807, 2.05) is 38.1 Å². The summed E-state index contributed by atoms with van der Waals surface area (Å²) >= 11 is 3.38. The maximum atomic E-state index is 9.79. The average Bonchev–Trinajstić information content (AvgIpc) is 2.40. The van der Waals surface area contributed by atoms with Gasteiger partial charge in [0.25, 0.3) is 0 Å². The van der Waals surface area contributed by atoms with Gasteiger partial charge in [-0.25, -0.2) is 0 Å². The second-order valence-corrected chi connectivity index (χ2v) is 5.82. The van der Waals surface area contributed by atoms with Crippen molar-refractivity contribution in [2.45, 2.75) is 32.5 Å². The summed E-state index contributed by atoms with van der Waals surface area (Å²) in [5.41, 5.74) is 0. The van der Waals surface area contributed by atoms with Crippen LogP contribution < -0.4 is 10.1 Å². The van der Waals surface area contributed by atoms with Crippen LogP contribution >= 0.6 is 15.9 Å². The highest BCUT2D eigenvalue weighted by Crippen LogP contribution is 2.17. The van der Waals surface area contributed by atoms with Crippen molar-refractivity contribution in [3.05, 3.63) is 28.7 Å². The van der Waals surface area contributed by atoms with Crippen molar-refractivity contribution in [1.82, 2.24) is 5.32 Å². The van der Waals surface area contributed by atoms with Crippen LogP contribution in [0.3, 0.4) is 0 Å². The van der Waals surface area contributed by atoms with Crippen molar-refractivity contribution in [3.63, 3.8) is 0 Å². The zero-order valence-corrected chi connectivity index (χ0v) is 13.7. The lowest BCUT2D eigenvalue weighted by Gasteiger charge is -2.13. The summed E-state index contributed by atoms with van der Waals surface area (Å²) in [6, 6.07) is 7.58. The topological polar surface area (TPSA) is 50.7 Å². The van der Waals surface area contributed by atoms with Crippen LogP contribution in [0.4, 0.5) is 0 Å². The Morgan fingerprint density at radius 2 is 2.15 bits per heavy atom. The highest BCUT2D eigenvalue weighted by Gasteiger charge is 2.05. The molecule has 2 N–H and O–H groups in total. The highest BCUT2D eigenvalue weighted by molar-refractivity contribution is 9.10. The van der Waals surface area contributed by atoms with E-state index in [1.165, 1.54) is 0 Å². The number of aliphatic hydroxyl groups is 1. The summed E-state index contributed by atoms with van der Waals surface area (Å²) < 4.78 is 11.9. The first-order valence-electron chi connectivity index (χ1n) is 6.96. The molecule has 1 aromatic carbocycles. The number of benzene rings is 1. The van der Waals surface area contributed by atoms with Gasteiger partial charge in [-0.15, -0.1) is 0 Å². The predicted molar refractivity (Wildman–Crippen MR) is 84.2 cm³/mol. The van der Waals surface area contributed by atoms with Gasteiger partial charge >= 0.3 is 0 Å². The average molecular weight is 346 g/mol. The van der Waals surface area contributed by atoms with Gasteiger partial charge in [0.05, 0.1) is 6.10 Å². The molecule has 1 rings (SSSR count). The summed E-state index contributed by atoms with van der Waals surface area (Å²) in [6.07, 6.45) is 0.705. The molecular formula is C15H24BrNO3.